The van der Waals surface area contributed by atoms with Crippen LogP contribution in [0.4, 0.5) is 5.82 Å². The van der Waals surface area contributed by atoms with Crippen LogP contribution in [-0.2, 0) is 16.0 Å². The number of rotatable bonds is 7. The van der Waals surface area contributed by atoms with E-state index >= 15 is 0 Å². The number of imidazole rings is 1. The average molecular weight is 443 g/mol. The van der Waals surface area contributed by atoms with Gasteiger partial charge in [0.2, 0.25) is 6.79 Å². The van der Waals surface area contributed by atoms with Crippen molar-refractivity contribution in [1.29, 1.82) is 0 Å². The molecule has 1 fully saturated rings. The Bertz CT molecular complexity index is 1100. The zero-order valence-electron chi connectivity index (χ0n) is 18.8. The third-order valence-corrected chi connectivity index (χ3v) is 6.47. The Hall–Kier alpha value is -2.52. The lowest BCUT2D eigenvalue weighted by Crippen LogP contribution is -2.24. The van der Waals surface area contributed by atoms with Gasteiger partial charge < -0.3 is 25.1 Å². The second-order valence-corrected chi connectivity index (χ2v) is 9.31. The Labute approximate surface area is 187 Å². The number of nitrogens with zero attached hydrogens (tertiary/aromatic N) is 4. The Morgan fingerprint density at radius 3 is 2.77 bits per heavy atom. The molecule has 9 heteroatoms. The van der Waals surface area contributed by atoms with Crippen molar-refractivity contribution in [3.8, 4) is 0 Å². The summed E-state index contributed by atoms with van der Waals surface area (Å²) in [6.07, 6.45) is 3.81. The maximum Gasteiger partial charge on any atom is 0.231 e. The second-order valence-electron chi connectivity index (χ2n) is 8.25. The molecule has 2 aliphatic rings. The van der Waals surface area contributed by atoms with Crippen LogP contribution in [-0.4, -0.2) is 38.9 Å². The SMILES string of the molecule is CC1=C(Sc2nc3c(N)nc(C)nc3n2CCCNC(C)C)CC(C)=C2OCOC2=C1. The smallest absolute Gasteiger partial charge is 0.231 e. The molecule has 166 valence electrons. The first-order valence-electron chi connectivity index (χ1n) is 10.6. The number of ether oxygens (including phenoxy) is 2. The number of aromatic nitrogens is 4. The average Bonchev–Trinajstić information content (AvgIpc) is 3.26. The van der Waals surface area contributed by atoms with E-state index in [1.807, 2.05) is 6.92 Å². The van der Waals surface area contributed by atoms with Crippen LogP contribution in [0.1, 0.15) is 46.4 Å². The lowest BCUT2D eigenvalue weighted by molar-refractivity contribution is 0.0968. The maximum absolute atomic E-state index is 6.19. The minimum Gasteiger partial charge on any atom is -0.454 e. The van der Waals surface area contributed by atoms with E-state index in [0.717, 1.165) is 59.4 Å². The van der Waals surface area contributed by atoms with Gasteiger partial charge in [0.25, 0.3) is 0 Å². The number of nitrogens with two attached hydrogens (primary N) is 1. The highest BCUT2D eigenvalue weighted by Crippen LogP contribution is 2.40. The quantitative estimate of drug-likeness (QED) is 0.620. The van der Waals surface area contributed by atoms with Gasteiger partial charge in [-0.25, -0.2) is 15.0 Å². The van der Waals surface area contributed by atoms with Crippen molar-refractivity contribution in [2.75, 3.05) is 19.1 Å². The summed E-state index contributed by atoms with van der Waals surface area (Å²) in [5.74, 6) is 2.74. The number of nitrogens with one attached hydrogen (secondary N) is 1. The Balaban J connectivity index is 1.69. The highest BCUT2D eigenvalue weighted by Gasteiger charge is 2.25. The van der Waals surface area contributed by atoms with Gasteiger partial charge in [0, 0.05) is 23.9 Å². The van der Waals surface area contributed by atoms with E-state index in [2.05, 4.69) is 53.6 Å². The van der Waals surface area contributed by atoms with Crippen LogP contribution in [0.15, 0.2) is 38.8 Å². The number of fused-ring (bicyclic) bond motifs is 2. The highest BCUT2D eigenvalue weighted by molar-refractivity contribution is 8.03. The van der Waals surface area contributed by atoms with Crippen LogP contribution in [0.2, 0.25) is 0 Å². The molecule has 0 bridgehead atoms. The third-order valence-electron chi connectivity index (χ3n) is 5.27. The van der Waals surface area contributed by atoms with Gasteiger partial charge in [0.1, 0.15) is 5.82 Å². The Kier molecular flexibility index (Phi) is 6.24. The van der Waals surface area contributed by atoms with Gasteiger partial charge in [0.05, 0.1) is 0 Å². The van der Waals surface area contributed by atoms with Crippen LogP contribution in [0, 0.1) is 6.92 Å². The summed E-state index contributed by atoms with van der Waals surface area (Å²) < 4.78 is 13.5. The summed E-state index contributed by atoms with van der Waals surface area (Å²) in [6.45, 7) is 12.4. The summed E-state index contributed by atoms with van der Waals surface area (Å²) in [7, 11) is 0. The van der Waals surface area contributed by atoms with Crippen molar-refractivity contribution in [3.63, 3.8) is 0 Å². The highest BCUT2D eigenvalue weighted by atomic mass is 32.2. The first-order valence-corrected chi connectivity index (χ1v) is 11.4. The number of hydrogen-bond donors (Lipinski definition) is 2. The molecule has 1 aliphatic carbocycles. The fourth-order valence-electron chi connectivity index (χ4n) is 3.72. The molecule has 0 spiro atoms. The van der Waals surface area contributed by atoms with Crippen molar-refractivity contribution in [2.24, 2.45) is 0 Å². The van der Waals surface area contributed by atoms with E-state index in [4.69, 9.17) is 20.2 Å². The van der Waals surface area contributed by atoms with E-state index in [0.29, 0.717) is 23.2 Å². The summed E-state index contributed by atoms with van der Waals surface area (Å²) in [5, 5.41) is 4.35. The predicted octanol–water partition coefficient (Wildman–Crippen LogP) is 4.04. The summed E-state index contributed by atoms with van der Waals surface area (Å²) in [4.78, 5) is 15.0. The standard InChI is InChI=1S/C22H30N6O2S/c1-12(2)24-7-6-8-28-21-18(20(23)25-15(5)26-21)27-22(28)31-17-10-14(4)19-16(9-13(17)3)29-11-30-19/h9,12,24H,6-8,10-11H2,1-5H3,(H2,23,25,26). The molecule has 1 aliphatic heterocycles. The molecule has 0 amide bonds. The maximum atomic E-state index is 6.19. The van der Waals surface area contributed by atoms with Gasteiger partial charge in [-0.1, -0.05) is 25.6 Å². The van der Waals surface area contributed by atoms with Crippen LogP contribution in [0.5, 0.6) is 0 Å². The minimum absolute atomic E-state index is 0.284. The number of hydrogen-bond acceptors (Lipinski definition) is 8. The first kappa shape index (κ1) is 21.7. The molecule has 2 aromatic rings. The largest absolute Gasteiger partial charge is 0.454 e. The molecule has 0 unspecified atom stereocenters. The molecule has 3 heterocycles. The lowest BCUT2D eigenvalue weighted by Gasteiger charge is -2.13. The fourth-order valence-corrected chi connectivity index (χ4v) is 4.87. The van der Waals surface area contributed by atoms with Crippen LogP contribution in [0.3, 0.4) is 0 Å². The number of aryl methyl sites for hydroxylation is 2. The van der Waals surface area contributed by atoms with Crippen molar-refractivity contribution < 1.29 is 9.47 Å². The Morgan fingerprint density at radius 1 is 1.19 bits per heavy atom. The van der Waals surface area contributed by atoms with Gasteiger partial charge in [-0.2, -0.15) is 0 Å². The second kappa shape index (κ2) is 8.92. The third kappa shape index (κ3) is 4.57. The van der Waals surface area contributed by atoms with E-state index in [-0.39, 0.29) is 6.79 Å². The molecular weight excluding hydrogens is 412 g/mol. The predicted molar refractivity (Wildman–Crippen MR) is 123 cm³/mol. The zero-order valence-corrected chi connectivity index (χ0v) is 19.6. The van der Waals surface area contributed by atoms with E-state index < -0.39 is 0 Å². The normalized spacial score (nSPS) is 16.5. The van der Waals surface area contributed by atoms with Crippen molar-refractivity contribution in [3.05, 3.63) is 39.5 Å². The Morgan fingerprint density at radius 2 is 2.00 bits per heavy atom. The minimum atomic E-state index is 0.284. The van der Waals surface area contributed by atoms with Crippen molar-refractivity contribution >= 4 is 28.7 Å². The molecule has 8 nitrogen and oxygen atoms in total. The molecule has 0 saturated carbocycles. The van der Waals surface area contributed by atoms with E-state index in [1.54, 1.807) is 11.8 Å². The van der Waals surface area contributed by atoms with E-state index in [1.165, 1.54) is 4.91 Å². The molecule has 31 heavy (non-hydrogen) atoms. The molecule has 3 N–H and O–H groups in total. The van der Waals surface area contributed by atoms with Gasteiger partial charge in [-0.3, -0.25) is 0 Å². The van der Waals surface area contributed by atoms with Crippen molar-refractivity contribution in [1.82, 2.24) is 24.8 Å². The molecule has 1 saturated heterocycles. The molecule has 0 aromatic carbocycles. The van der Waals surface area contributed by atoms with Gasteiger partial charge in [-0.15, -0.1) is 0 Å². The number of thioether (sulfide) groups is 1. The summed E-state index contributed by atoms with van der Waals surface area (Å²) >= 11 is 1.66. The van der Waals surface area contributed by atoms with Crippen LogP contribution >= 0.6 is 11.8 Å². The molecule has 0 atom stereocenters. The molecule has 2 aromatic heterocycles. The summed E-state index contributed by atoms with van der Waals surface area (Å²) in [6, 6.07) is 0.459. The van der Waals surface area contributed by atoms with Gasteiger partial charge >= 0.3 is 0 Å². The monoisotopic (exact) mass is 442 g/mol. The summed E-state index contributed by atoms with van der Waals surface area (Å²) in [5.41, 5.74) is 9.95. The first-order chi connectivity index (χ1) is 14.8. The zero-order chi connectivity index (χ0) is 22.1. The fraction of sp³-hybridized carbons (Fsp3) is 0.500. The van der Waals surface area contributed by atoms with Crippen molar-refractivity contribution in [2.45, 2.75) is 65.2 Å². The molecule has 4 rings (SSSR count). The number of allylic oxidation sites excluding steroid dienone is 4. The van der Waals surface area contributed by atoms with Gasteiger partial charge in [-0.05, 0) is 51.0 Å². The van der Waals surface area contributed by atoms with Gasteiger partial charge in [0.15, 0.2) is 33.7 Å². The molecule has 0 radical (unpaired) electrons. The topological polar surface area (TPSA) is 100 Å². The lowest BCUT2D eigenvalue weighted by atomic mass is 10.2. The number of nitrogen functional groups attached to an aromatic ring is 1. The molecular formula is C22H30N6O2S. The van der Waals surface area contributed by atoms with Crippen LogP contribution < -0.4 is 11.1 Å². The van der Waals surface area contributed by atoms with Crippen LogP contribution in [0.25, 0.3) is 11.2 Å². The van der Waals surface area contributed by atoms with E-state index in [9.17, 15) is 0 Å². The number of anilines is 1.